The minimum atomic E-state index is -0.522. The SMILES string of the molecule is CCOC(=O)C1=NCC(=O)Nc2ccccc2/C=C/1. The van der Waals surface area contributed by atoms with Gasteiger partial charge in [-0.25, -0.2) is 4.79 Å². The average Bonchev–Trinajstić information content (AvgIpc) is 2.47. The van der Waals surface area contributed by atoms with E-state index in [1.54, 1.807) is 25.1 Å². The number of carbonyl (C=O) groups is 2. The van der Waals surface area contributed by atoms with E-state index < -0.39 is 5.97 Å². The van der Waals surface area contributed by atoms with Gasteiger partial charge in [0, 0.05) is 5.69 Å². The summed E-state index contributed by atoms with van der Waals surface area (Å²) in [6, 6.07) is 7.33. The van der Waals surface area contributed by atoms with E-state index in [2.05, 4.69) is 10.3 Å². The molecule has 1 heterocycles. The van der Waals surface area contributed by atoms with Crippen LogP contribution in [0.3, 0.4) is 0 Å². The van der Waals surface area contributed by atoms with Crippen molar-refractivity contribution in [2.45, 2.75) is 6.92 Å². The molecule has 0 spiro atoms. The van der Waals surface area contributed by atoms with Crippen LogP contribution in [0.4, 0.5) is 5.69 Å². The maximum Gasteiger partial charge on any atom is 0.356 e. The Hall–Kier alpha value is -2.43. The van der Waals surface area contributed by atoms with Crippen LogP contribution < -0.4 is 5.32 Å². The lowest BCUT2D eigenvalue weighted by Crippen LogP contribution is -2.19. The van der Waals surface area contributed by atoms with Crippen LogP contribution in [0.5, 0.6) is 0 Å². The molecular weight excluding hydrogens is 244 g/mol. The largest absolute Gasteiger partial charge is 0.461 e. The van der Waals surface area contributed by atoms with Gasteiger partial charge in [-0.3, -0.25) is 9.79 Å². The van der Waals surface area contributed by atoms with E-state index in [1.165, 1.54) is 0 Å². The van der Waals surface area contributed by atoms with Gasteiger partial charge in [0.25, 0.3) is 0 Å². The molecule has 0 saturated heterocycles. The minimum Gasteiger partial charge on any atom is -0.461 e. The summed E-state index contributed by atoms with van der Waals surface area (Å²) >= 11 is 0. The maximum absolute atomic E-state index is 11.7. The van der Waals surface area contributed by atoms with Crippen molar-refractivity contribution in [3.8, 4) is 0 Å². The molecule has 0 aromatic heterocycles. The first-order valence-electron chi connectivity index (χ1n) is 5.99. The molecule has 2 rings (SSSR count). The Morgan fingerprint density at radius 2 is 2.16 bits per heavy atom. The first-order chi connectivity index (χ1) is 9.20. The summed E-state index contributed by atoms with van der Waals surface area (Å²) < 4.78 is 4.89. The third-order valence-corrected chi connectivity index (χ3v) is 2.53. The van der Waals surface area contributed by atoms with Crippen LogP contribution in [0.25, 0.3) is 6.08 Å². The molecule has 1 aromatic carbocycles. The van der Waals surface area contributed by atoms with Crippen LogP contribution in [0, 0.1) is 0 Å². The highest BCUT2D eigenvalue weighted by molar-refractivity contribution is 6.42. The van der Waals surface area contributed by atoms with Crippen molar-refractivity contribution in [2.24, 2.45) is 4.99 Å². The van der Waals surface area contributed by atoms with E-state index in [0.717, 1.165) is 5.56 Å². The summed E-state index contributed by atoms with van der Waals surface area (Å²) in [6.07, 6.45) is 3.30. The molecule has 0 unspecified atom stereocenters. The second-order valence-corrected chi connectivity index (χ2v) is 3.89. The Bertz CT molecular complexity index is 562. The summed E-state index contributed by atoms with van der Waals surface area (Å²) in [7, 11) is 0. The topological polar surface area (TPSA) is 67.8 Å². The lowest BCUT2D eigenvalue weighted by molar-refractivity contribution is -0.134. The number of fused-ring (bicyclic) bond motifs is 1. The number of ether oxygens (including phenoxy) is 1. The zero-order valence-corrected chi connectivity index (χ0v) is 10.6. The Morgan fingerprint density at radius 3 is 2.95 bits per heavy atom. The maximum atomic E-state index is 11.7. The lowest BCUT2D eigenvalue weighted by atomic mass is 10.1. The van der Waals surface area contributed by atoms with Gasteiger partial charge in [-0.1, -0.05) is 24.3 Å². The molecule has 5 heteroatoms. The van der Waals surface area contributed by atoms with E-state index >= 15 is 0 Å². The second-order valence-electron chi connectivity index (χ2n) is 3.89. The number of aliphatic imine (C=N–C) groups is 1. The number of carbonyl (C=O) groups excluding carboxylic acids is 2. The van der Waals surface area contributed by atoms with Crippen LogP contribution >= 0.6 is 0 Å². The molecule has 1 aromatic rings. The monoisotopic (exact) mass is 258 g/mol. The number of amides is 1. The number of benzene rings is 1. The van der Waals surface area contributed by atoms with Gasteiger partial charge in [0.05, 0.1) is 6.61 Å². The third kappa shape index (κ3) is 3.28. The van der Waals surface area contributed by atoms with Gasteiger partial charge in [-0.05, 0) is 24.6 Å². The quantitative estimate of drug-likeness (QED) is 0.820. The highest BCUT2D eigenvalue weighted by atomic mass is 16.5. The second kappa shape index (κ2) is 5.95. The molecule has 1 amide bonds. The molecule has 0 radical (unpaired) electrons. The summed E-state index contributed by atoms with van der Waals surface area (Å²) in [4.78, 5) is 27.3. The smallest absolute Gasteiger partial charge is 0.356 e. The number of nitrogens with one attached hydrogen (secondary N) is 1. The van der Waals surface area contributed by atoms with Crippen molar-refractivity contribution >= 4 is 29.4 Å². The highest BCUT2D eigenvalue weighted by Crippen LogP contribution is 2.17. The van der Waals surface area contributed by atoms with E-state index in [-0.39, 0.29) is 24.8 Å². The summed E-state index contributed by atoms with van der Waals surface area (Å²) in [5.41, 5.74) is 1.66. The average molecular weight is 258 g/mol. The van der Waals surface area contributed by atoms with Gasteiger partial charge < -0.3 is 10.1 Å². The van der Waals surface area contributed by atoms with Crippen molar-refractivity contribution in [2.75, 3.05) is 18.5 Å². The molecule has 1 N–H and O–H groups in total. The molecule has 0 saturated carbocycles. The standard InChI is InChI=1S/C14H14N2O3/c1-2-19-14(18)12-8-7-10-5-3-4-6-11(10)16-13(17)9-15-12/h3-8H,2,9H2,1H3,(H,16,17)/b8-7+,15-12?. The normalized spacial score (nSPS) is 16.1. The first-order valence-corrected chi connectivity index (χ1v) is 5.99. The number of hydrogen-bond donors (Lipinski definition) is 1. The number of rotatable bonds is 2. The van der Waals surface area contributed by atoms with Crippen LogP contribution in [-0.4, -0.2) is 30.7 Å². The Kier molecular flexibility index (Phi) is 4.07. The molecular formula is C14H14N2O3. The molecule has 0 aliphatic carbocycles. The number of nitrogens with zero attached hydrogens (tertiary/aromatic N) is 1. The molecule has 0 atom stereocenters. The Labute approximate surface area is 111 Å². The van der Waals surface area contributed by atoms with Crippen LogP contribution in [0.15, 0.2) is 35.3 Å². The van der Waals surface area contributed by atoms with E-state index in [9.17, 15) is 9.59 Å². The Balaban J connectivity index is 2.35. The predicted molar refractivity (Wildman–Crippen MR) is 73.0 cm³/mol. The van der Waals surface area contributed by atoms with Crippen LogP contribution in [-0.2, 0) is 14.3 Å². The van der Waals surface area contributed by atoms with Crippen molar-refractivity contribution in [3.63, 3.8) is 0 Å². The predicted octanol–water partition coefficient (Wildman–Crippen LogP) is 1.66. The van der Waals surface area contributed by atoms with Gasteiger partial charge in [0.2, 0.25) is 5.91 Å². The molecule has 0 fully saturated rings. The minimum absolute atomic E-state index is 0.104. The highest BCUT2D eigenvalue weighted by Gasteiger charge is 2.13. The van der Waals surface area contributed by atoms with Gasteiger partial charge in [-0.2, -0.15) is 0 Å². The number of para-hydroxylation sites is 1. The van der Waals surface area contributed by atoms with E-state index in [1.807, 2.05) is 18.2 Å². The van der Waals surface area contributed by atoms with Gasteiger partial charge in [0.1, 0.15) is 12.3 Å². The van der Waals surface area contributed by atoms with Gasteiger partial charge >= 0.3 is 5.97 Å². The van der Waals surface area contributed by atoms with Gasteiger partial charge in [0.15, 0.2) is 0 Å². The fourth-order valence-corrected chi connectivity index (χ4v) is 1.66. The summed E-state index contributed by atoms with van der Waals surface area (Å²) in [6.45, 7) is 1.89. The van der Waals surface area contributed by atoms with Crippen LogP contribution in [0.1, 0.15) is 12.5 Å². The molecule has 1 aliphatic heterocycles. The molecule has 19 heavy (non-hydrogen) atoms. The van der Waals surface area contributed by atoms with E-state index in [4.69, 9.17) is 4.74 Å². The third-order valence-electron chi connectivity index (χ3n) is 2.53. The number of anilines is 1. The van der Waals surface area contributed by atoms with Crippen molar-refractivity contribution in [1.82, 2.24) is 0 Å². The molecule has 98 valence electrons. The van der Waals surface area contributed by atoms with E-state index in [0.29, 0.717) is 5.69 Å². The summed E-state index contributed by atoms with van der Waals surface area (Å²) in [5, 5.41) is 2.74. The zero-order valence-electron chi connectivity index (χ0n) is 10.6. The zero-order chi connectivity index (χ0) is 13.7. The fraction of sp³-hybridized carbons (Fsp3) is 0.214. The summed E-state index contributed by atoms with van der Waals surface area (Å²) in [5.74, 6) is -0.788. The fourth-order valence-electron chi connectivity index (χ4n) is 1.66. The molecule has 5 nitrogen and oxygen atoms in total. The number of esters is 1. The van der Waals surface area contributed by atoms with Crippen molar-refractivity contribution in [3.05, 3.63) is 35.9 Å². The first kappa shape index (κ1) is 13.0. The number of hydrogen-bond acceptors (Lipinski definition) is 4. The van der Waals surface area contributed by atoms with Crippen LogP contribution in [0.2, 0.25) is 0 Å². The van der Waals surface area contributed by atoms with Crippen molar-refractivity contribution in [1.29, 1.82) is 0 Å². The van der Waals surface area contributed by atoms with Crippen molar-refractivity contribution < 1.29 is 14.3 Å². The molecule has 0 bridgehead atoms. The molecule has 1 aliphatic rings. The van der Waals surface area contributed by atoms with Gasteiger partial charge in [-0.15, -0.1) is 0 Å². The Morgan fingerprint density at radius 1 is 1.37 bits per heavy atom. The lowest BCUT2D eigenvalue weighted by Gasteiger charge is -2.05.